The van der Waals surface area contributed by atoms with E-state index in [-0.39, 0.29) is 30.9 Å². The molecule has 0 spiro atoms. The van der Waals surface area contributed by atoms with Gasteiger partial charge in [-0.3, -0.25) is 24.3 Å². The molecule has 4 amide bonds. The van der Waals surface area contributed by atoms with Gasteiger partial charge >= 0.3 is 6.03 Å². The first-order valence-corrected chi connectivity index (χ1v) is 11.5. The number of urea groups is 1. The van der Waals surface area contributed by atoms with E-state index in [9.17, 15) is 14.4 Å². The number of anilines is 3. The maximum atomic E-state index is 13.0. The van der Waals surface area contributed by atoms with Crippen LogP contribution in [0.5, 0.6) is 0 Å². The zero-order chi connectivity index (χ0) is 23.4. The molecule has 1 saturated heterocycles. The number of fused-ring (bicyclic) bond motifs is 1. The molecule has 4 rings (SSSR count). The van der Waals surface area contributed by atoms with Gasteiger partial charge in [-0.25, -0.2) is 4.79 Å². The number of likely N-dealkylation sites (tertiary alicyclic amines) is 1. The molecule has 8 nitrogen and oxygen atoms in total. The van der Waals surface area contributed by atoms with Gasteiger partial charge in [-0.15, -0.1) is 0 Å². The molecule has 1 fully saturated rings. The SMILES string of the molecule is CCN1CCCC1CNC(=O)CN1C(=O)CN(C(=O)Nc2ccc(C)cc2)c2ccccc21. The van der Waals surface area contributed by atoms with Crippen LogP contribution in [0.4, 0.5) is 21.9 Å². The van der Waals surface area contributed by atoms with Crippen LogP contribution >= 0.6 is 0 Å². The lowest BCUT2D eigenvalue weighted by Gasteiger charge is -2.35. The van der Waals surface area contributed by atoms with Gasteiger partial charge in [-0.05, 0) is 57.1 Å². The third-order valence-corrected chi connectivity index (χ3v) is 6.35. The van der Waals surface area contributed by atoms with Crippen LogP contribution in [-0.2, 0) is 9.59 Å². The van der Waals surface area contributed by atoms with E-state index in [0.717, 1.165) is 31.5 Å². The summed E-state index contributed by atoms with van der Waals surface area (Å²) in [6, 6.07) is 14.6. The number of likely N-dealkylation sites (N-methyl/N-ethyl adjacent to an activating group) is 1. The van der Waals surface area contributed by atoms with Crippen LogP contribution in [-0.4, -0.2) is 61.5 Å². The van der Waals surface area contributed by atoms with Gasteiger partial charge in [0.15, 0.2) is 0 Å². The molecule has 1 atom stereocenters. The molecule has 2 N–H and O–H groups in total. The van der Waals surface area contributed by atoms with E-state index in [1.807, 2.05) is 37.3 Å². The summed E-state index contributed by atoms with van der Waals surface area (Å²) in [6.45, 7) is 6.53. The maximum Gasteiger partial charge on any atom is 0.326 e. The zero-order valence-corrected chi connectivity index (χ0v) is 19.2. The average Bonchev–Trinajstić information content (AvgIpc) is 3.28. The number of rotatable bonds is 6. The third kappa shape index (κ3) is 5.17. The van der Waals surface area contributed by atoms with Crippen molar-refractivity contribution in [2.24, 2.45) is 0 Å². The van der Waals surface area contributed by atoms with Gasteiger partial charge in [0.05, 0.1) is 11.4 Å². The summed E-state index contributed by atoms with van der Waals surface area (Å²) in [6.07, 6.45) is 2.22. The minimum Gasteiger partial charge on any atom is -0.353 e. The minimum atomic E-state index is -0.385. The molecule has 2 aromatic carbocycles. The average molecular weight is 450 g/mol. The van der Waals surface area contributed by atoms with Crippen molar-refractivity contribution in [2.75, 3.05) is 47.8 Å². The number of carbonyl (C=O) groups excluding carboxylic acids is 3. The number of nitrogens with one attached hydrogen (secondary N) is 2. The first-order valence-electron chi connectivity index (χ1n) is 11.5. The Hall–Kier alpha value is -3.39. The molecule has 0 aromatic heterocycles. The highest BCUT2D eigenvalue weighted by atomic mass is 16.2. The Kier molecular flexibility index (Phi) is 6.93. The van der Waals surface area contributed by atoms with Crippen molar-refractivity contribution in [3.63, 3.8) is 0 Å². The molecular formula is C25H31N5O3. The first kappa shape index (κ1) is 22.8. The maximum absolute atomic E-state index is 13.0. The molecule has 2 aliphatic heterocycles. The van der Waals surface area contributed by atoms with E-state index in [4.69, 9.17) is 0 Å². The molecule has 2 aliphatic rings. The quantitative estimate of drug-likeness (QED) is 0.710. The fourth-order valence-corrected chi connectivity index (χ4v) is 4.52. The Morgan fingerprint density at radius 2 is 1.79 bits per heavy atom. The van der Waals surface area contributed by atoms with Crippen LogP contribution < -0.4 is 20.4 Å². The summed E-state index contributed by atoms with van der Waals surface area (Å²) in [7, 11) is 0. The second kappa shape index (κ2) is 10.0. The summed E-state index contributed by atoms with van der Waals surface area (Å²) in [5.41, 5.74) is 2.91. The lowest BCUT2D eigenvalue weighted by Crippen LogP contribution is -2.52. The third-order valence-electron chi connectivity index (χ3n) is 6.35. The van der Waals surface area contributed by atoms with Crippen molar-refractivity contribution < 1.29 is 14.4 Å². The summed E-state index contributed by atoms with van der Waals surface area (Å²) < 4.78 is 0. The highest BCUT2D eigenvalue weighted by Crippen LogP contribution is 2.33. The Morgan fingerprint density at radius 3 is 2.52 bits per heavy atom. The Morgan fingerprint density at radius 1 is 1.06 bits per heavy atom. The molecule has 0 radical (unpaired) electrons. The molecule has 2 aromatic rings. The van der Waals surface area contributed by atoms with Crippen molar-refractivity contribution >= 4 is 34.9 Å². The van der Waals surface area contributed by atoms with Crippen molar-refractivity contribution in [2.45, 2.75) is 32.7 Å². The Balaban J connectivity index is 1.44. The van der Waals surface area contributed by atoms with Gasteiger partial charge < -0.3 is 10.6 Å². The topological polar surface area (TPSA) is 85.0 Å². The van der Waals surface area contributed by atoms with Gasteiger partial charge in [-0.2, -0.15) is 0 Å². The van der Waals surface area contributed by atoms with Crippen molar-refractivity contribution in [3.05, 3.63) is 54.1 Å². The van der Waals surface area contributed by atoms with Crippen molar-refractivity contribution in [1.82, 2.24) is 10.2 Å². The van der Waals surface area contributed by atoms with Crippen LogP contribution in [0.3, 0.4) is 0 Å². The summed E-state index contributed by atoms with van der Waals surface area (Å²) in [5, 5.41) is 5.84. The normalized spacial score (nSPS) is 18.2. The molecule has 1 unspecified atom stereocenters. The number of amides is 4. The molecule has 174 valence electrons. The molecule has 33 heavy (non-hydrogen) atoms. The smallest absolute Gasteiger partial charge is 0.326 e. The summed E-state index contributed by atoms with van der Waals surface area (Å²) >= 11 is 0. The predicted molar refractivity (Wildman–Crippen MR) is 130 cm³/mol. The van der Waals surface area contributed by atoms with E-state index in [2.05, 4.69) is 22.5 Å². The summed E-state index contributed by atoms with van der Waals surface area (Å²) in [4.78, 5) is 43.9. The van der Waals surface area contributed by atoms with Gasteiger partial charge in [0, 0.05) is 18.3 Å². The van der Waals surface area contributed by atoms with Gasteiger partial charge in [0.2, 0.25) is 11.8 Å². The lowest BCUT2D eigenvalue weighted by atomic mass is 10.1. The molecule has 2 heterocycles. The number of benzene rings is 2. The van der Waals surface area contributed by atoms with Gasteiger partial charge in [0.1, 0.15) is 13.1 Å². The lowest BCUT2D eigenvalue weighted by molar-refractivity contribution is -0.123. The molecule has 0 bridgehead atoms. The largest absolute Gasteiger partial charge is 0.353 e. The van der Waals surface area contributed by atoms with Crippen molar-refractivity contribution in [3.8, 4) is 0 Å². The number of hydrogen-bond acceptors (Lipinski definition) is 4. The number of carbonyl (C=O) groups is 3. The highest BCUT2D eigenvalue weighted by molar-refractivity contribution is 6.15. The number of hydrogen-bond donors (Lipinski definition) is 2. The highest BCUT2D eigenvalue weighted by Gasteiger charge is 2.33. The van der Waals surface area contributed by atoms with Crippen molar-refractivity contribution in [1.29, 1.82) is 0 Å². The monoisotopic (exact) mass is 449 g/mol. The zero-order valence-electron chi connectivity index (χ0n) is 19.2. The summed E-state index contributed by atoms with van der Waals surface area (Å²) in [5.74, 6) is -0.488. The Bertz CT molecular complexity index is 1020. The van der Waals surface area contributed by atoms with Crippen LogP contribution in [0.25, 0.3) is 0 Å². The van der Waals surface area contributed by atoms with Gasteiger partial charge in [-0.1, -0.05) is 36.8 Å². The molecule has 0 saturated carbocycles. The molecule has 0 aliphatic carbocycles. The van der Waals surface area contributed by atoms with Crippen LogP contribution in [0.1, 0.15) is 25.3 Å². The van der Waals surface area contributed by atoms with E-state index in [0.29, 0.717) is 29.6 Å². The standard InChI is InChI=1S/C25H31N5O3/c1-3-28-14-6-7-20(28)15-26-23(31)16-29-21-8-4-5-9-22(21)30(17-24(29)32)25(33)27-19-12-10-18(2)11-13-19/h4-5,8-13,20H,3,6-7,14-17H2,1-2H3,(H,26,31)(H,27,33). The number of aryl methyl sites for hydroxylation is 1. The fraction of sp³-hybridized carbons (Fsp3) is 0.400. The second-order valence-corrected chi connectivity index (χ2v) is 8.58. The van der Waals surface area contributed by atoms with Crippen LogP contribution in [0.2, 0.25) is 0 Å². The molecule has 8 heteroatoms. The van der Waals surface area contributed by atoms with Crippen LogP contribution in [0.15, 0.2) is 48.5 Å². The number of para-hydroxylation sites is 2. The van der Waals surface area contributed by atoms with E-state index in [1.165, 1.54) is 9.80 Å². The second-order valence-electron chi connectivity index (χ2n) is 8.58. The molecular weight excluding hydrogens is 418 g/mol. The van der Waals surface area contributed by atoms with Gasteiger partial charge in [0.25, 0.3) is 0 Å². The number of nitrogens with zero attached hydrogens (tertiary/aromatic N) is 3. The van der Waals surface area contributed by atoms with Crippen LogP contribution in [0, 0.1) is 6.92 Å². The fourth-order valence-electron chi connectivity index (χ4n) is 4.52. The Labute approximate surface area is 194 Å². The minimum absolute atomic E-state index is 0.0673. The first-order chi connectivity index (χ1) is 16.0. The van der Waals surface area contributed by atoms with E-state index in [1.54, 1.807) is 18.2 Å². The van der Waals surface area contributed by atoms with E-state index >= 15 is 0 Å². The predicted octanol–water partition coefficient (Wildman–Crippen LogP) is 2.98. The van der Waals surface area contributed by atoms with E-state index < -0.39 is 0 Å².